The molecule has 1 amide bonds. The van der Waals surface area contributed by atoms with Crippen LogP contribution in [0.5, 0.6) is 0 Å². The van der Waals surface area contributed by atoms with Gasteiger partial charge in [-0.2, -0.15) is 0 Å². The number of nitrogens with one attached hydrogen (secondary N) is 1. The van der Waals surface area contributed by atoms with E-state index in [1.807, 2.05) is 13.0 Å². The van der Waals surface area contributed by atoms with Crippen LogP contribution < -0.4 is 10.6 Å². The average molecular weight is 505 g/mol. The summed E-state index contributed by atoms with van der Waals surface area (Å²) in [6.07, 6.45) is 2.54. The zero-order chi connectivity index (χ0) is 26.9. The molecule has 0 fully saturated rings. The molecule has 3 aromatic rings. The van der Waals surface area contributed by atoms with E-state index in [1.54, 1.807) is 36.4 Å². The third kappa shape index (κ3) is 7.33. The maximum absolute atomic E-state index is 12.5. The number of rotatable bonds is 10. The standard InChI is InChI=1S/C27H32N6O4/c1-4-5-15-37-27(34)32(26(28)29)22-13-10-19(11-14-22)24-17-21(12-9-18(2)3)30-25(31-24)20-7-6-8-23(16-20)33(35)36/h6-8,10-11,13-14,16-18H,4-5,9,12,15H2,1-3H3,(H3,28,29). The van der Waals surface area contributed by atoms with E-state index >= 15 is 0 Å². The van der Waals surface area contributed by atoms with Crippen LogP contribution in [0.3, 0.4) is 0 Å². The van der Waals surface area contributed by atoms with Crippen LogP contribution in [0.1, 0.15) is 45.7 Å². The van der Waals surface area contributed by atoms with Crippen LogP contribution in [-0.2, 0) is 11.2 Å². The molecule has 10 nitrogen and oxygen atoms in total. The largest absolute Gasteiger partial charge is 0.449 e. The van der Waals surface area contributed by atoms with Crippen LogP contribution in [-0.4, -0.2) is 33.6 Å². The molecule has 1 aromatic heterocycles. The first-order chi connectivity index (χ1) is 17.7. The number of hydrogen-bond acceptors (Lipinski definition) is 7. The first-order valence-electron chi connectivity index (χ1n) is 12.2. The first kappa shape index (κ1) is 27.3. The summed E-state index contributed by atoms with van der Waals surface area (Å²) in [6.45, 7) is 6.51. The Morgan fingerprint density at radius 1 is 1.14 bits per heavy atom. The number of carbonyl (C=O) groups is 1. The lowest BCUT2D eigenvalue weighted by atomic mass is 10.0. The molecule has 0 aliphatic heterocycles. The van der Waals surface area contributed by atoms with Gasteiger partial charge in [0.15, 0.2) is 5.82 Å². The number of hydrogen-bond donors (Lipinski definition) is 2. The van der Waals surface area contributed by atoms with E-state index < -0.39 is 17.0 Å². The second-order valence-electron chi connectivity index (χ2n) is 9.04. The molecule has 3 N–H and O–H groups in total. The van der Waals surface area contributed by atoms with Gasteiger partial charge in [-0.25, -0.2) is 19.7 Å². The summed E-state index contributed by atoms with van der Waals surface area (Å²) in [5.41, 5.74) is 8.80. The van der Waals surface area contributed by atoms with Crippen molar-refractivity contribution in [2.45, 2.75) is 46.5 Å². The summed E-state index contributed by atoms with van der Waals surface area (Å²) in [6, 6.07) is 15.0. The molecule has 194 valence electrons. The normalized spacial score (nSPS) is 10.8. The molecular formula is C27H32N6O4. The predicted octanol–water partition coefficient (Wildman–Crippen LogP) is 5.94. The number of unbranched alkanes of at least 4 members (excludes halogenated alkanes) is 1. The Morgan fingerprint density at radius 2 is 1.86 bits per heavy atom. The Balaban J connectivity index is 1.97. The zero-order valence-electron chi connectivity index (χ0n) is 21.3. The third-order valence-corrected chi connectivity index (χ3v) is 5.64. The van der Waals surface area contributed by atoms with E-state index in [0.717, 1.165) is 41.8 Å². The number of carbonyl (C=O) groups excluding carboxylic acids is 1. The molecular weight excluding hydrogens is 472 g/mol. The molecule has 10 heteroatoms. The Bertz CT molecular complexity index is 1260. The Labute approximate surface area is 216 Å². The predicted molar refractivity (Wildman–Crippen MR) is 143 cm³/mol. The van der Waals surface area contributed by atoms with Crippen LogP contribution >= 0.6 is 0 Å². The number of nitrogens with two attached hydrogens (primary N) is 1. The molecule has 0 unspecified atom stereocenters. The van der Waals surface area contributed by atoms with Gasteiger partial charge in [-0.15, -0.1) is 0 Å². The smallest absolute Gasteiger partial charge is 0.421 e. The van der Waals surface area contributed by atoms with E-state index in [9.17, 15) is 14.9 Å². The minimum absolute atomic E-state index is 0.0327. The number of amides is 1. The second kappa shape index (κ2) is 12.6. The number of aromatic nitrogens is 2. The van der Waals surface area contributed by atoms with Gasteiger partial charge in [0.05, 0.1) is 22.9 Å². The Kier molecular flexibility index (Phi) is 9.26. The van der Waals surface area contributed by atoms with Gasteiger partial charge in [0.25, 0.3) is 5.69 Å². The van der Waals surface area contributed by atoms with Gasteiger partial charge in [-0.05, 0) is 43.4 Å². The molecule has 0 aliphatic carbocycles. The number of ether oxygens (including phenoxy) is 1. The molecule has 3 rings (SSSR count). The first-order valence-corrected chi connectivity index (χ1v) is 12.2. The van der Waals surface area contributed by atoms with E-state index in [0.29, 0.717) is 28.7 Å². The van der Waals surface area contributed by atoms with E-state index in [4.69, 9.17) is 20.9 Å². The van der Waals surface area contributed by atoms with Gasteiger partial charge in [0.1, 0.15) is 0 Å². The maximum Gasteiger partial charge on any atom is 0.421 e. The van der Waals surface area contributed by atoms with Crippen molar-refractivity contribution in [2.24, 2.45) is 11.7 Å². The topological polar surface area (TPSA) is 148 Å². The minimum atomic E-state index is -0.709. The van der Waals surface area contributed by atoms with Crippen LogP contribution in [0.4, 0.5) is 16.2 Å². The van der Waals surface area contributed by atoms with Gasteiger partial charge in [0.2, 0.25) is 5.96 Å². The van der Waals surface area contributed by atoms with E-state index in [2.05, 4.69) is 18.8 Å². The monoisotopic (exact) mass is 504 g/mol. The number of nitro groups is 1. The highest BCUT2D eigenvalue weighted by Crippen LogP contribution is 2.27. The fraction of sp³-hybridized carbons (Fsp3) is 0.333. The van der Waals surface area contributed by atoms with Gasteiger partial charge in [-0.1, -0.05) is 51.5 Å². The number of guanidine groups is 1. The molecule has 0 aliphatic rings. The highest BCUT2D eigenvalue weighted by atomic mass is 16.6. The number of anilines is 1. The lowest BCUT2D eigenvalue weighted by Crippen LogP contribution is -2.41. The SMILES string of the molecule is CCCCOC(=O)N(C(=N)N)c1ccc(-c2cc(CCC(C)C)nc(-c3cccc([N+](=O)[O-])c3)n2)cc1. The quantitative estimate of drug-likeness (QED) is 0.114. The Morgan fingerprint density at radius 3 is 2.49 bits per heavy atom. The van der Waals surface area contributed by atoms with Crippen molar-refractivity contribution in [1.29, 1.82) is 5.41 Å². The van der Waals surface area contributed by atoms with Crippen LogP contribution in [0.25, 0.3) is 22.6 Å². The molecule has 1 heterocycles. The van der Waals surface area contributed by atoms with Gasteiger partial charge in [-0.3, -0.25) is 15.5 Å². The van der Waals surface area contributed by atoms with Crippen LogP contribution in [0, 0.1) is 21.4 Å². The molecule has 2 aromatic carbocycles. The summed E-state index contributed by atoms with van der Waals surface area (Å²) in [7, 11) is 0. The summed E-state index contributed by atoms with van der Waals surface area (Å²) >= 11 is 0. The van der Waals surface area contributed by atoms with Crippen molar-refractivity contribution in [3.05, 3.63) is 70.4 Å². The van der Waals surface area contributed by atoms with Gasteiger partial charge >= 0.3 is 6.09 Å². The summed E-state index contributed by atoms with van der Waals surface area (Å²) in [4.78, 5) is 33.7. The zero-order valence-corrected chi connectivity index (χ0v) is 21.3. The van der Waals surface area contributed by atoms with Crippen molar-refractivity contribution in [3.63, 3.8) is 0 Å². The summed E-state index contributed by atoms with van der Waals surface area (Å²) < 4.78 is 5.23. The fourth-order valence-electron chi connectivity index (χ4n) is 3.59. The van der Waals surface area contributed by atoms with Crippen LogP contribution in [0.2, 0.25) is 0 Å². The molecule has 0 atom stereocenters. The highest BCUT2D eigenvalue weighted by molar-refractivity contribution is 6.11. The molecule has 0 radical (unpaired) electrons. The highest BCUT2D eigenvalue weighted by Gasteiger charge is 2.21. The van der Waals surface area contributed by atoms with Crippen molar-refractivity contribution < 1.29 is 14.5 Å². The lowest BCUT2D eigenvalue weighted by molar-refractivity contribution is -0.384. The molecule has 0 saturated carbocycles. The van der Waals surface area contributed by atoms with Crippen molar-refractivity contribution >= 4 is 23.4 Å². The summed E-state index contributed by atoms with van der Waals surface area (Å²) in [5, 5.41) is 19.1. The number of aryl methyl sites for hydroxylation is 1. The number of nitro benzene ring substituents is 1. The minimum Gasteiger partial charge on any atom is -0.449 e. The lowest BCUT2D eigenvalue weighted by Gasteiger charge is -2.20. The number of nitrogens with zero attached hydrogens (tertiary/aromatic N) is 4. The van der Waals surface area contributed by atoms with Gasteiger partial charge < -0.3 is 10.5 Å². The molecule has 37 heavy (non-hydrogen) atoms. The van der Waals surface area contributed by atoms with Crippen molar-refractivity contribution in [3.8, 4) is 22.6 Å². The van der Waals surface area contributed by atoms with Crippen molar-refractivity contribution in [2.75, 3.05) is 11.5 Å². The molecule has 0 bridgehead atoms. The fourth-order valence-corrected chi connectivity index (χ4v) is 3.59. The Hall–Kier alpha value is -4.34. The molecule has 0 saturated heterocycles. The number of non-ortho nitro benzene ring substituents is 1. The number of benzene rings is 2. The van der Waals surface area contributed by atoms with E-state index in [1.165, 1.54) is 12.1 Å². The third-order valence-electron chi connectivity index (χ3n) is 5.64. The van der Waals surface area contributed by atoms with Crippen molar-refractivity contribution in [1.82, 2.24) is 9.97 Å². The van der Waals surface area contributed by atoms with E-state index in [-0.39, 0.29) is 12.3 Å². The molecule has 0 spiro atoms. The maximum atomic E-state index is 12.5. The average Bonchev–Trinajstić information content (AvgIpc) is 2.88. The van der Waals surface area contributed by atoms with Crippen LogP contribution in [0.15, 0.2) is 54.6 Å². The second-order valence-corrected chi connectivity index (χ2v) is 9.04. The van der Waals surface area contributed by atoms with Gasteiger partial charge in [0, 0.05) is 29.0 Å². The summed E-state index contributed by atoms with van der Waals surface area (Å²) in [5.74, 6) is 0.433.